The summed E-state index contributed by atoms with van der Waals surface area (Å²) in [5, 5.41) is 25.4. The minimum absolute atomic E-state index is 0.0391. The number of carbonyl (C=O) groups is 3. The summed E-state index contributed by atoms with van der Waals surface area (Å²) in [6, 6.07) is 0. The number of likely N-dealkylation sites (tertiary alicyclic amines) is 1. The number of thiocyanates is 1. The van der Waals surface area contributed by atoms with Crippen LogP contribution in [0.2, 0.25) is 0 Å². The number of fused-ring (bicyclic) bond motifs is 2. The van der Waals surface area contributed by atoms with Crippen LogP contribution >= 0.6 is 11.8 Å². The van der Waals surface area contributed by atoms with Gasteiger partial charge >= 0.3 is 0 Å². The van der Waals surface area contributed by atoms with Crippen molar-refractivity contribution in [3.05, 3.63) is 58.5 Å². The number of carbonyl (C=O) groups excluding carboxylic acids is 3. The van der Waals surface area contributed by atoms with Crippen molar-refractivity contribution in [3.63, 3.8) is 0 Å². The zero-order chi connectivity index (χ0) is 30.3. The van der Waals surface area contributed by atoms with Gasteiger partial charge in [0.2, 0.25) is 11.6 Å². The average molecular weight is 584 g/mol. The summed E-state index contributed by atoms with van der Waals surface area (Å²) >= 11 is 1.08. The molecule has 2 bridgehead atoms. The standard InChI is InChI=1S/C31H41N3O6S/c1-18-13-23-27(34-11-8-12-34)25(35)16-24(29(23)37)33-31(38)19(2)9-7-10-22(39-5)15-20(3)30(41-17-32)21(4)28(36)26(14-18)40-6/h7,9-10,15-16,18,21-22,26,28,30,36H,8,11-14H2,1-6H3,(H,33,38)/b10-7-,19-9+,20-15+/t18-,21-,22+,26+,28-,30-/m1/s1. The number of nitrogens with zero attached hydrogens (tertiary/aromatic N) is 2. The fourth-order valence-corrected chi connectivity index (χ4v) is 6.16. The third kappa shape index (κ3) is 7.86. The van der Waals surface area contributed by atoms with E-state index in [-0.39, 0.29) is 40.8 Å². The first kappa shape index (κ1) is 32.5. The number of methoxy groups -OCH3 is 2. The molecule has 0 aromatic rings. The first-order valence-electron chi connectivity index (χ1n) is 13.9. The van der Waals surface area contributed by atoms with Crippen molar-refractivity contribution < 1.29 is 29.0 Å². The quantitative estimate of drug-likeness (QED) is 0.290. The Morgan fingerprint density at radius 3 is 2.44 bits per heavy atom. The van der Waals surface area contributed by atoms with Gasteiger partial charge in [0.05, 0.1) is 29.7 Å². The van der Waals surface area contributed by atoms with E-state index in [1.807, 2.05) is 31.7 Å². The largest absolute Gasteiger partial charge is 0.390 e. The number of hydrogen-bond donors (Lipinski definition) is 2. The lowest BCUT2D eigenvalue weighted by Gasteiger charge is -2.37. The van der Waals surface area contributed by atoms with Gasteiger partial charge in [-0.1, -0.05) is 43.7 Å². The third-order valence-electron chi connectivity index (χ3n) is 7.95. The van der Waals surface area contributed by atoms with Crippen LogP contribution in [-0.4, -0.2) is 78.4 Å². The molecule has 1 aliphatic carbocycles. The molecule has 2 heterocycles. The van der Waals surface area contributed by atoms with E-state index in [4.69, 9.17) is 9.47 Å². The Balaban J connectivity index is 2.06. The molecule has 9 nitrogen and oxygen atoms in total. The molecule has 0 radical (unpaired) electrons. The molecule has 6 atom stereocenters. The number of ether oxygens (including phenoxy) is 2. The van der Waals surface area contributed by atoms with Gasteiger partial charge in [0.1, 0.15) is 5.40 Å². The molecule has 3 aliphatic rings. The minimum Gasteiger partial charge on any atom is -0.390 e. The van der Waals surface area contributed by atoms with Crippen LogP contribution in [-0.2, 0) is 23.9 Å². The average Bonchev–Trinajstić information content (AvgIpc) is 2.91. The maximum absolute atomic E-state index is 13.7. The van der Waals surface area contributed by atoms with E-state index < -0.39 is 24.2 Å². The van der Waals surface area contributed by atoms with Gasteiger partial charge in [-0.3, -0.25) is 14.4 Å². The maximum Gasteiger partial charge on any atom is 0.251 e. The number of nitrogens with one attached hydrogen (secondary N) is 1. The van der Waals surface area contributed by atoms with E-state index in [1.165, 1.54) is 13.2 Å². The molecule has 0 unspecified atom stereocenters. The van der Waals surface area contributed by atoms with Crippen molar-refractivity contribution >= 4 is 29.2 Å². The number of thioether (sulfide) groups is 1. The number of amides is 1. The van der Waals surface area contributed by atoms with Gasteiger partial charge in [0.15, 0.2) is 0 Å². The summed E-state index contributed by atoms with van der Waals surface area (Å²) in [6.45, 7) is 8.76. The second-order valence-electron chi connectivity index (χ2n) is 11.0. The van der Waals surface area contributed by atoms with Crippen LogP contribution in [0.5, 0.6) is 0 Å². The predicted octanol–water partition coefficient (Wildman–Crippen LogP) is 3.59. The number of hydrogen-bond acceptors (Lipinski definition) is 9. The fraction of sp³-hybridized carbons (Fsp3) is 0.548. The Hall–Kier alpha value is -2.97. The van der Waals surface area contributed by atoms with Crippen molar-refractivity contribution in [1.29, 1.82) is 5.26 Å². The van der Waals surface area contributed by atoms with Crippen molar-refractivity contribution in [1.82, 2.24) is 10.2 Å². The van der Waals surface area contributed by atoms with Crippen LogP contribution in [0.15, 0.2) is 58.5 Å². The second kappa shape index (κ2) is 14.8. The van der Waals surface area contributed by atoms with Crippen LogP contribution < -0.4 is 5.32 Å². The third-order valence-corrected chi connectivity index (χ3v) is 9.11. The molecule has 0 aromatic heterocycles. The summed E-state index contributed by atoms with van der Waals surface area (Å²) in [7, 11) is 3.10. The topological polar surface area (TPSA) is 129 Å². The van der Waals surface area contributed by atoms with E-state index in [1.54, 1.807) is 32.3 Å². The summed E-state index contributed by atoms with van der Waals surface area (Å²) in [5.74, 6) is -1.64. The SMILES string of the molecule is CO[C@H]1C[C@H](C)CC2=C(N3CCC3)C(=O)C=C(NC(=O)/C(C)=C/C=C\[C@H](OC)/C=C(\C)[C@@H](SC#N)[C@H](C)[C@H]1O)C2=O. The lowest BCUT2D eigenvalue weighted by molar-refractivity contribution is -0.120. The molecular weight excluding hydrogens is 542 g/mol. The van der Waals surface area contributed by atoms with Crippen LogP contribution in [0.3, 0.4) is 0 Å². The fourth-order valence-electron chi connectivity index (χ4n) is 5.41. The van der Waals surface area contributed by atoms with Crippen molar-refractivity contribution in [3.8, 4) is 5.40 Å². The molecule has 1 saturated heterocycles. The molecule has 2 N–H and O–H groups in total. The van der Waals surface area contributed by atoms with Crippen LogP contribution in [0.1, 0.15) is 47.0 Å². The first-order valence-corrected chi connectivity index (χ1v) is 14.8. The summed E-state index contributed by atoms with van der Waals surface area (Å²) < 4.78 is 11.3. The molecule has 222 valence electrons. The zero-order valence-electron chi connectivity index (χ0n) is 24.7. The highest BCUT2D eigenvalue weighted by Gasteiger charge is 2.37. The van der Waals surface area contributed by atoms with E-state index in [0.717, 1.165) is 23.8 Å². The molecule has 10 heteroatoms. The number of aliphatic hydroxyl groups excluding tert-OH is 1. The number of allylic oxidation sites excluding steroid dienone is 4. The Kier molecular flexibility index (Phi) is 11.7. The number of Topliss-reactive ketones (excluding diaryl/α,β-unsaturated/α-hetero) is 1. The van der Waals surface area contributed by atoms with Gasteiger partial charge in [0, 0.05) is 55.7 Å². The van der Waals surface area contributed by atoms with Gasteiger partial charge in [-0.25, -0.2) is 0 Å². The van der Waals surface area contributed by atoms with Crippen molar-refractivity contribution in [2.24, 2.45) is 11.8 Å². The molecule has 41 heavy (non-hydrogen) atoms. The number of ketones is 2. The van der Waals surface area contributed by atoms with E-state index in [9.17, 15) is 24.8 Å². The molecule has 0 spiro atoms. The lowest BCUT2D eigenvalue weighted by Crippen LogP contribution is -2.43. The summed E-state index contributed by atoms with van der Waals surface area (Å²) in [6.07, 6.45) is 7.89. The van der Waals surface area contributed by atoms with Crippen LogP contribution in [0.25, 0.3) is 0 Å². The van der Waals surface area contributed by atoms with Gasteiger partial charge in [0.25, 0.3) is 5.91 Å². The van der Waals surface area contributed by atoms with Crippen molar-refractivity contribution in [2.45, 2.75) is 70.5 Å². The second-order valence-corrected chi connectivity index (χ2v) is 11.9. The number of nitriles is 1. The van der Waals surface area contributed by atoms with E-state index >= 15 is 0 Å². The van der Waals surface area contributed by atoms with Crippen LogP contribution in [0, 0.1) is 22.5 Å². The van der Waals surface area contributed by atoms with Gasteiger partial charge < -0.3 is 24.8 Å². The highest BCUT2D eigenvalue weighted by molar-refractivity contribution is 8.04. The Morgan fingerprint density at radius 1 is 1.15 bits per heavy atom. The lowest BCUT2D eigenvalue weighted by atomic mass is 9.83. The van der Waals surface area contributed by atoms with Gasteiger partial charge in [-0.05, 0) is 50.8 Å². The molecule has 0 saturated carbocycles. The normalized spacial score (nSPS) is 34.0. The summed E-state index contributed by atoms with van der Waals surface area (Å²) in [5.41, 5.74) is 1.94. The Bertz CT molecular complexity index is 1220. The Labute approximate surface area is 247 Å². The van der Waals surface area contributed by atoms with Gasteiger partial charge in [-0.15, -0.1) is 0 Å². The molecule has 1 amide bonds. The van der Waals surface area contributed by atoms with Gasteiger partial charge in [-0.2, -0.15) is 5.26 Å². The first-order chi connectivity index (χ1) is 19.5. The monoisotopic (exact) mass is 583 g/mol. The zero-order valence-corrected chi connectivity index (χ0v) is 25.5. The molecule has 2 aliphatic heterocycles. The number of aliphatic hydroxyl groups is 1. The maximum atomic E-state index is 13.7. The van der Waals surface area contributed by atoms with Crippen LogP contribution in [0.4, 0.5) is 0 Å². The molecular formula is C31H41N3O6S. The Morgan fingerprint density at radius 2 is 1.85 bits per heavy atom. The predicted molar refractivity (Wildman–Crippen MR) is 158 cm³/mol. The number of rotatable bonds is 4. The smallest absolute Gasteiger partial charge is 0.251 e. The highest BCUT2D eigenvalue weighted by Crippen LogP contribution is 2.34. The van der Waals surface area contributed by atoms with E-state index in [0.29, 0.717) is 36.4 Å². The molecule has 1 fully saturated rings. The summed E-state index contributed by atoms with van der Waals surface area (Å²) in [4.78, 5) is 41.8. The van der Waals surface area contributed by atoms with E-state index in [2.05, 4.69) is 10.7 Å². The molecule has 3 rings (SSSR count). The highest BCUT2D eigenvalue weighted by atomic mass is 32.2. The van der Waals surface area contributed by atoms with Crippen molar-refractivity contribution in [2.75, 3.05) is 27.3 Å². The minimum atomic E-state index is -0.900. The molecule has 0 aromatic carbocycles.